The van der Waals surface area contributed by atoms with Gasteiger partial charge in [-0.25, -0.2) is 4.39 Å². The van der Waals surface area contributed by atoms with Crippen molar-refractivity contribution in [2.24, 2.45) is 0 Å². The third kappa shape index (κ3) is 3.50. The van der Waals surface area contributed by atoms with Gasteiger partial charge in [0.25, 0.3) is 0 Å². The molecule has 1 unspecified atom stereocenters. The fraction of sp³-hybridized carbons (Fsp3) is 0.278. The van der Waals surface area contributed by atoms with Crippen LogP contribution in [0.1, 0.15) is 24.4 Å². The predicted octanol–water partition coefficient (Wildman–Crippen LogP) is 4.28. The number of thioether (sulfide) groups is 1. The Morgan fingerprint density at radius 3 is 2.59 bits per heavy atom. The minimum atomic E-state index is -0.237. The smallest absolute Gasteiger partial charge is 0.233 e. The first-order valence-corrected chi connectivity index (χ1v) is 8.45. The number of carbonyl (C=O) groups is 1. The maximum absolute atomic E-state index is 13.1. The molecule has 0 aliphatic carbocycles. The summed E-state index contributed by atoms with van der Waals surface area (Å²) in [5.74, 6) is 0.363. The number of benzene rings is 2. The first-order valence-electron chi connectivity index (χ1n) is 7.47. The van der Waals surface area contributed by atoms with E-state index in [1.165, 1.54) is 12.1 Å². The van der Waals surface area contributed by atoms with E-state index in [2.05, 4.69) is 0 Å². The quantitative estimate of drug-likeness (QED) is 0.785. The number of amides is 1. The van der Waals surface area contributed by atoms with Crippen LogP contribution in [0.2, 0.25) is 0 Å². The third-order valence-electron chi connectivity index (χ3n) is 3.93. The number of hydrogen-bond acceptors (Lipinski definition) is 2. The lowest BCUT2D eigenvalue weighted by Gasteiger charge is -2.25. The molecule has 1 saturated heterocycles. The van der Waals surface area contributed by atoms with E-state index in [-0.39, 0.29) is 17.8 Å². The SMILES string of the molecule is O=C(CSc1ccccc1)N1CCCC1c1ccc(F)cc1. The molecular weight excluding hydrogens is 297 g/mol. The second-order valence-electron chi connectivity index (χ2n) is 5.40. The Kier molecular flexibility index (Phi) is 4.78. The molecule has 1 amide bonds. The molecule has 1 aliphatic rings. The Morgan fingerprint density at radius 1 is 1.14 bits per heavy atom. The van der Waals surface area contributed by atoms with Crippen LogP contribution in [0.3, 0.4) is 0 Å². The summed E-state index contributed by atoms with van der Waals surface area (Å²) < 4.78 is 13.1. The largest absolute Gasteiger partial charge is 0.335 e. The van der Waals surface area contributed by atoms with Gasteiger partial charge in [-0.2, -0.15) is 0 Å². The molecular formula is C18H18FNOS. The molecule has 1 atom stereocenters. The van der Waals surface area contributed by atoms with Gasteiger partial charge in [-0.15, -0.1) is 11.8 Å². The van der Waals surface area contributed by atoms with E-state index in [0.29, 0.717) is 5.75 Å². The molecule has 1 fully saturated rings. The Bertz CT molecular complexity index is 629. The lowest BCUT2D eigenvalue weighted by atomic mass is 10.0. The highest BCUT2D eigenvalue weighted by atomic mass is 32.2. The van der Waals surface area contributed by atoms with Crippen LogP contribution < -0.4 is 0 Å². The van der Waals surface area contributed by atoms with Gasteiger partial charge >= 0.3 is 0 Å². The summed E-state index contributed by atoms with van der Waals surface area (Å²) in [5, 5.41) is 0. The second kappa shape index (κ2) is 6.97. The van der Waals surface area contributed by atoms with Crippen molar-refractivity contribution in [3.05, 3.63) is 66.0 Å². The van der Waals surface area contributed by atoms with Crippen molar-refractivity contribution >= 4 is 17.7 Å². The highest BCUT2D eigenvalue weighted by Gasteiger charge is 2.29. The zero-order valence-electron chi connectivity index (χ0n) is 12.2. The number of halogens is 1. The number of nitrogens with zero attached hydrogens (tertiary/aromatic N) is 1. The summed E-state index contributed by atoms with van der Waals surface area (Å²) in [7, 11) is 0. The normalized spacial score (nSPS) is 17.7. The summed E-state index contributed by atoms with van der Waals surface area (Å²) in [5.41, 5.74) is 1.02. The molecule has 0 bridgehead atoms. The lowest BCUT2D eigenvalue weighted by Crippen LogP contribution is -2.31. The number of hydrogen-bond donors (Lipinski definition) is 0. The monoisotopic (exact) mass is 315 g/mol. The average Bonchev–Trinajstić information content (AvgIpc) is 3.04. The maximum Gasteiger partial charge on any atom is 0.233 e. The molecule has 2 aromatic rings. The van der Waals surface area contributed by atoms with Crippen molar-refractivity contribution in [3.8, 4) is 0 Å². The van der Waals surface area contributed by atoms with Gasteiger partial charge in [0.2, 0.25) is 5.91 Å². The van der Waals surface area contributed by atoms with Crippen LogP contribution in [0.25, 0.3) is 0 Å². The molecule has 0 radical (unpaired) electrons. The molecule has 2 aromatic carbocycles. The Morgan fingerprint density at radius 2 is 1.86 bits per heavy atom. The first-order chi connectivity index (χ1) is 10.7. The summed E-state index contributed by atoms with van der Waals surface area (Å²) >= 11 is 1.56. The topological polar surface area (TPSA) is 20.3 Å². The van der Waals surface area contributed by atoms with Crippen LogP contribution in [-0.2, 0) is 4.79 Å². The Balaban J connectivity index is 1.65. The summed E-state index contributed by atoms with van der Waals surface area (Å²) in [6.45, 7) is 0.788. The molecule has 3 rings (SSSR count). The van der Waals surface area contributed by atoms with Crippen LogP contribution in [-0.4, -0.2) is 23.1 Å². The number of rotatable bonds is 4. The van der Waals surface area contributed by atoms with E-state index in [1.807, 2.05) is 35.2 Å². The predicted molar refractivity (Wildman–Crippen MR) is 87.3 cm³/mol. The van der Waals surface area contributed by atoms with Crippen LogP contribution in [0, 0.1) is 5.82 Å². The minimum Gasteiger partial charge on any atom is -0.335 e. The van der Waals surface area contributed by atoms with E-state index in [9.17, 15) is 9.18 Å². The van der Waals surface area contributed by atoms with Gasteiger partial charge in [0.15, 0.2) is 0 Å². The van der Waals surface area contributed by atoms with Gasteiger partial charge in [0, 0.05) is 11.4 Å². The van der Waals surface area contributed by atoms with Crippen molar-refractivity contribution in [2.45, 2.75) is 23.8 Å². The van der Waals surface area contributed by atoms with E-state index in [1.54, 1.807) is 23.9 Å². The van der Waals surface area contributed by atoms with Crippen molar-refractivity contribution in [1.29, 1.82) is 0 Å². The summed E-state index contributed by atoms with van der Waals surface area (Å²) in [4.78, 5) is 15.5. The van der Waals surface area contributed by atoms with E-state index in [0.717, 1.165) is 29.8 Å². The maximum atomic E-state index is 13.1. The fourth-order valence-electron chi connectivity index (χ4n) is 2.84. The van der Waals surface area contributed by atoms with Crippen molar-refractivity contribution < 1.29 is 9.18 Å². The second-order valence-corrected chi connectivity index (χ2v) is 6.45. The van der Waals surface area contributed by atoms with Crippen LogP contribution in [0.5, 0.6) is 0 Å². The van der Waals surface area contributed by atoms with Crippen LogP contribution in [0.15, 0.2) is 59.5 Å². The number of carbonyl (C=O) groups excluding carboxylic acids is 1. The van der Waals surface area contributed by atoms with Crippen molar-refractivity contribution in [1.82, 2.24) is 4.90 Å². The van der Waals surface area contributed by atoms with Gasteiger partial charge in [-0.1, -0.05) is 30.3 Å². The van der Waals surface area contributed by atoms with Crippen molar-refractivity contribution in [2.75, 3.05) is 12.3 Å². The molecule has 114 valence electrons. The molecule has 1 aliphatic heterocycles. The van der Waals surface area contributed by atoms with Crippen molar-refractivity contribution in [3.63, 3.8) is 0 Å². The van der Waals surface area contributed by atoms with Gasteiger partial charge in [-0.3, -0.25) is 4.79 Å². The minimum absolute atomic E-state index is 0.0875. The molecule has 1 heterocycles. The van der Waals surface area contributed by atoms with E-state index in [4.69, 9.17) is 0 Å². The number of likely N-dealkylation sites (tertiary alicyclic amines) is 1. The zero-order chi connectivity index (χ0) is 15.4. The van der Waals surface area contributed by atoms with Gasteiger partial charge in [0.1, 0.15) is 5.82 Å². The molecule has 0 N–H and O–H groups in total. The molecule has 4 heteroatoms. The molecule has 0 aromatic heterocycles. The standard InChI is InChI=1S/C18H18FNOS/c19-15-10-8-14(9-11-15)17-7-4-12-20(17)18(21)13-22-16-5-2-1-3-6-16/h1-3,5-6,8-11,17H,4,7,12-13H2. The highest BCUT2D eigenvalue weighted by Crippen LogP contribution is 2.33. The molecule has 0 spiro atoms. The highest BCUT2D eigenvalue weighted by molar-refractivity contribution is 8.00. The Labute approximate surface area is 134 Å². The molecule has 22 heavy (non-hydrogen) atoms. The molecule has 2 nitrogen and oxygen atoms in total. The van der Waals surface area contributed by atoms with E-state index >= 15 is 0 Å². The van der Waals surface area contributed by atoms with Crippen LogP contribution in [0.4, 0.5) is 4.39 Å². The van der Waals surface area contributed by atoms with Gasteiger partial charge < -0.3 is 4.90 Å². The average molecular weight is 315 g/mol. The summed E-state index contributed by atoms with van der Waals surface area (Å²) in [6.07, 6.45) is 1.96. The van der Waals surface area contributed by atoms with Gasteiger partial charge in [-0.05, 0) is 42.7 Å². The van der Waals surface area contributed by atoms with E-state index < -0.39 is 0 Å². The van der Waals surface area contributed by atoms with Crippen LogP contribution >= 0.6 is 11.8 Å². The summed E-state index contributed by atoms with van der Waals surface area (Å²) in [6, 6.07) is 16.5. The Hall–Kier alpha value is -1.81. The third-order valence-corrected chi connectivity index (χ3v) is 4.93. The molecule has 0 saturated carbocycles. The van der Waals surface area contributed by atoms with Gasteiger partial charge in [0.05, 0.1) is 11.8 Å². The lowest BCUT2D eigenvalue weighted by molar-refractivity contribution is -0.129. The fourth-order valence-corrected chi connectivity index (χ4v) is 3.65. The zero-order valence-corrected chi connectivity index (χ0v) is 13.1. The first kappa shape index (κ1) is 15.1.